The van der Waals surface area contributed by atoms with Crippen LogP contribution < -0.4 is 15.5 Å². The molecular weight excluding hydrogens is 360 g/mol. The summed E-state index contributed by atoms with van der Waals surface area (Å²) in [6.07, 6.45) is 1.87. The van der Waals surface area contributed by atoms with Crippen LogP contribution in [0.5, 0.6) is 0 Å². The van der Waals surface area contributed by atoms with Crippen LogP contribution in [0.2, 0.25) is 0 Å². The molecule has 1 fully saturated rings. The van der Waals surface area contributed by atoms with Crippen LogP contribution in [-0.2, 0) is 6.42 Å². The van der Waals surface area contributed by atoms with E-state index in [9.17, 15) is 4.79 Å². The molecule has 0 aliphatic carbocycles. The van der Waals surface area contributed by atoms with E-state index in [4.69, 9.17) is 0 Å². The number of benzene rings is 2. The van der Waals surface area contributed by atoms with Crippen LogP contribution in [0.1, 0.15) is 30.0 Å². The summed E-state index contributed by atoms with van der Waals surface area (Å²) in [6, 6.07) is 14.5. The molecule has 2 aromatic rings. The highest BCUT2D eigenvalue weighted by molar-refractivity contribution is 5.90. The van der Waals surface area contributed by atoms with Crippen molar-refractivity contribution in [3.63, 3.8) is 0 Å². The van der Waals surface area contributed by atoms with Gasteiger partial charge in [0.15, 0.2) is 0 Å². The zero-order valence-electron chi connectivity index (χ0n) is 18.0. The number of anilines is 2. The van der Waals surface area contributed by atoms with E-state index >= 15 is 0 Å². The largest absolute Gasteiger partial charge is 0.369 e. The van der Waals surface area contributed by atoms with Crippen LogP contribution in [0.3, 0.4) is 0 Å². The van der Waals surface area contributed by atoms with Gasteiger partial charge in [-0.05, 0) is 62.1 Å². The van der Waals surface area contributed by atoms with Gasteiger partial charge in [-0.1, -0.05) is 37.3 Å². The van der Waals surface area contributed by atoms with Crippen LogP contribution in [0, 0.1) is 13.8 Å². The lowest BCUT2D eigenvalue weighted by Gasteiger charge is -2.37. The molecule has 0 aromatic heterocycles. The first-order valence-electron chi connectivity index (χ1n) is 10.7. The number of carbonyl (C=O) groups excluding carboxylic acids is 1. The van der Waals surface area contributed by atoms with Gasteiger partial charge in [0.2, 0.25) is 0 Å². The summed E-state index contributed by atoms with van der Waals surface area (Å²) < 4.78 is 0. The Morgan fingerprint density at radius 3 is 2.55 bits per heavy atom. The zero-order valence-corrected chi connectivity index (χ0v) is 18.0. The summed E-state index contributed by atoms with van der Waals surface area (Å²) in [5.74, 6) is 0. The van der Waals surface area contributed by atoms with Crippen molar-refractivity contribution in [3.05, 3.63) is 59.2 Å². The van der Waals surface area contributed by atoms with Crippen molar-refractivity contribution in [3.8, 4) is 0 Å². The molecule has 1 aliphatic heterocycles. The summed E-state index contributed by atoms with van der Waals surface area (Å²) in [5, 5.41) is 5.95. The number of amides is 2. The molecule has 1 heterocycles. The molecule has 0 saturated carbocycles. The third-order valence-corrected chi connectivity index (χ3v) is 5.66. The third kappa shape index (κ3) is 5.97. The number of carbonyl (C=O) groups is 1. The van der Waals surface area contributed by atoms with Gasteiger partial charge in [-0.3, -0.25) is 4.90 Å². The predicted molar refractivity (Wildman–Crippen MR) is 122 cm³/mol. The van der Waals surface area contributed by atoms with Crippen molar-refractivity contribution < 1.29 is 4.79 Å². The number of rotatable bonds is 7. The van der Waals surface area contributed by atoms with E-state index in [0.717, 1.165) is 56.8 Å². The van der Waals surface area contributed by atoms with Crippen LogP contribution in [0.25, 0.3) is 0 Å². The van der Waals surface area contributed by atoms with Gasteiger partial charge in [0.05, 0.1) is 0 Å². The van der Waals surface area contributed by atoms with E-state index in [0.29, 0.717) is 6.54 Å². The Morgan fingerprint density at radius 2 is 1.79 bits per heavy atom. The van der Waals surface area contributed by atoms with Crippen LogP contribution in [0.4, 0.5) is 16.2 Å². The molecule has 29 heavy (non-hydrogen) atoms. The lowest BCUT2D eigenvalue weighted by Crippen LogP contribution is -2.47. The Morgan fingerprint density at radius 1 is 1.03 bits per heavy atom. The standard InChI is InChI=1S/C24H34N4O/c1-4-21-8-5-6-9-22(21)26-24(29)25-12-7-13-27-14-16-28(17-15-27)23-18-19(2)10-11-20(23)3/h5-6,8-11,18H,4,7,12-17H2,1-3H3,(H2,25,26,29). The van der Waals surface area contributed by atoms with E-state index in [1.807, 2.05) is 24.3 Å². The van der Waals surface area contributed by atoms with Crippen LogP contribution in [0.15, 0.2) is 42.5 Å². The number of para-hydroxylation sites is 1. The van der Waals surface area contributed by atoms with Crippen molar-refractivity contribution in [2.24, 2.45) is 0 Å². The van der Waals surface area contributed by atoms with Crippen molar-refractivity contribution in [2.75, 3.05) is 49.5 Å². The van der Waals surface area contributed by atoms with Gasteiger partial charge in [0.1, 0.15) is 0 Å². The summed E-state index contributed by atoms with van der Waals surface area (Å²) in [5.41, 5.74) is 6.10. The molecule has 1 aliphatic rings. The van der Waals surface area contributed by atoms with E-state index < -0.39 is 0 Å². The van der Waals surface area contributed by atoms with Gasteiger partial charge >= 0.3 is 6.03 Å². The lowest BCUT2D eigenvalue weighted by molar-refractivity contribution is 0.244. The lowest BCUT2D eigenvalue weighted by atomic mass is 10.1. The minimum atomic E-state index is -0.120. The Kier molecular flexibility index (Phi) is 7.53. The maximum atomic E-state index is 12.1. The molecule has 1 saturated heterocycles. The fourth-order valence-corrected chi connectivity index (χ4v) is 3.89. The third-order valence-electron chi connectivity index (χ3n) is 5.66. The minimum absolute atomic E-state index is 0.120. The fraction of sp³-hybridized carbons (Fsp3) is 0.458. The van der Waals surface area contributed by atoms with Crippen LogP contribution in [-0.4, -0.2) is 50.2 Å². The molecule has 2 aromatic carbocycles. The molecule has 5 nitrogen and oxygen atoms in total. The molecule has 0 unspecified atom stereocenters. The van der Waals surface area contributed by atoms with Crippen molar-refractivity contribution >= 4 is 17.4 Å². The normalized spacial score (nSPS) is 14.7. The number of aryl methyl sites for hydroxylation is 3. The quantitative estimate of drug-likeness (QED) is 0.692. The number of piperazine rings is 1. The molecule has 3 rings (SSSR count). The van der Waals surface area contributed by atoms with Crippen molar-refractivity contribution in [1.29, 1.82) is 0 Å². The fourth-order valence-electron chi connectivity index (χ4n) is 3.89. The summed E-state index contributed by atoms with van der Waals surface area (Å²) in [7, 11) is 0. The van der Waals surface area contributed by atoms with E-state index in [1.54, 1.807) is 0 Å². The zero-order chi connectivity index (χ0) is 20.6. The second-order valence-corrected chi connectivity index (χ2v) is 7.86. The molecular formula is C24H34N4O. The highest BCUT2D eigenvalue weighted by Crippen LogP contribution is 2.22. The molecule has 2 amide bonds. The smallest absolute Gasteiger partial charge is 0.319 e. The highest BCUT2D eigenvalue weighted by atomic mass is 16.2. The maximum absolute atomic E-state index is 12.1. The Hall–Kier alpha value is -2.53. The number of nitrogens with zero attached hydrogens (tertiary/aromatic N) is 2. The second kappa shape index (κ2) is 10.3. The first-order chi connectivity index (χ1) is 14.1. The van der Waals surface area contributed by atoms with E-state index in [-0.39, 0.29) is 6.03 Å². The van der Waals surface area contributed by atoms with Gasteiger partial charge in [-0.15, -0.1) is 0 Å². The van der Waals surface area contributed by atoms with E-state index in [1.165, 1.54) is 16.8 Å². The van der Waals surface area contributed by atoms with Crippen molar-refractivity contribution in [2.45, 2.75) is 33.6 Å². The molecule has 156 valence electrons. The van der Waals surface area contributed by atoms with Gasteiger partial charge in [-0.25, -0.2) is 4.79 Å². The molecule has 0 bridgehead atoms. The minimum Gasteiger partial charge on any atom is -0.369 e. The van der Waals surface area contributed by atoms with Crippen LogP contribution >= 0.6 is 0 Å². The molecule has 0 atom stereocenters. The van der Waals surface area contributed by atoms with Gasteiger partial charge in [-0.2, -0.15) is 0 Å². The second-order valence-electron chi connectivity index (χ2n) is 7.86. The Balaban J connectivity index is 1.36. The van der Waals surface area contributed by atoms with E-state index in [2.05, 4.69) is 59.4 Å². The van der Waals surface area contributed by atoms with Gasteiger partial charge in [0.25, 0.3) is 0 Å². The van der Waals surface area contributed by atoms with Crippen molar-refractivity contribution in [1.82, 2.24) is 10.2 Å². The molecule has 0 spiro atoms. The summed E-state index contributed by atoms with van der Waals surface area (Å²) >= 11 is 0. The predicted octanol–water partition coefficient (Wildman–Crippen LogP) is 4.20. The maximum Gasteiger partial charge on any atom is 0.319 e. The number of hydrogen-bond acceptors (Lipinski definition) is 3. The summed E-state index contributed by atoms with van der Waals surface area (Å²) in [6.45, 7) is 12.4. The Labute approximate surface area is 175 Å². The number of urea groups is 1. The first kappa shape index (κ1) is 21.2. The SMILES string of the molecule is CCc1ccccc1NC(=O)NCCCN1CCN(c2cc(C)ccc2C)CC1. The average Bonchev–Trinajstić information content (AvgIpc) is 2.74. The van der Waals surface area contributed by atoms with Gasteiger partial charge < -0.3 is 15.5 Å². The number of hydrogen-bond donors (Lipinski definition) is 2. The van der Waals surface area contributed by atoms with Gasteiger partial charge in [0, 0.05) is 44.1 Å². The topological polar surface area (TPSA) is 47.6 Å². The average molecular weight is 395 g/mol. The first-order valence-corrected chi connectivity index (χ1v) is 10.7. The summed E-state index contributed by atoms with van der Waals surface area (Å²) in [4.78, 5) is 17.1. The highest BCUT2D eigenvalue weighted by Gasteiger charge is 2.18. The molecule has 0 radical (unpaired) electrons. The monoisotopic (exact) mass is 394 g/mol. The molecule has 2 N–H and O–H groups in total. The molecule has 5 heteroatoms. The number of nitrogens with one attached hydrogen (secondary N) is 2. The Bertz CT molecular complexity index is 812.